The lowest BCUT2D eigenvalue weighted by atomic mass is 9.83. The molecule has 1 aliphatic carbocycles. The number of hydrogen-bond acceptors (Lipinski definition) is 4. The van der Waals surface area contributed by atoms with Crippen molar-refractivity contribution in [1.29, 1.82) is 0 Å². The maximum atomic E-state index is 8.95. The van der Waals surface area contributed by atoms with Crippen LogP contribution >= 0.6 is 0 Å². The van der Waals surface area contributed by atoms with Gasteiger partial charge in [-0.05, 0) is 37.8 Å². The van der Waals surface area contributed by atoms with Crippen molar-refractivity contribution in [3.05, 3.63) is 24.0 Å². The van der Waals surface area contributed by atoms with E-state index < -0.39 is 0 Å². The van der Waals surface area contributed by atoms with Crippen LogP contribution in [0.1, 0.15) is 50.6 Å². The van der Waals surface area contributed by atoms with Gasteiger partial charge < -0.3 is 14.6 Å². The largest absolute Gasteiger partial charge is 0.489 e. The summed E-state index contributed by atoms with van der Waals surface area (Å²) in [5, 5.41) is 8.95. The summed E-state index contributed by atoms with van der Waals surface area (Å²) in [6.07, 6.45) is 10.6. The summed E-state index contributed by atoms with van der Waals surface area (Å²) < 4.78 is 12.0. The second-order valence-electron chi connectivity index (χ2n) is 5.98. The summed E-state index contributed by atoms with van der Waals surface area (Å²) in [7, 11) is 0. The SMILES string of the molecule is OCc1ccc(OCC2CCC3(CCCCC3)O2)cn1. The molecule has 0 aromatic carbocycles. The summed E-state index contributed by atoms with van der Waals surface area (Å²) in [6, 6.07) is 3.64. The lowest BCUT2D eigenvalue weighted by molar-refractivity contribution is -0.0748. The highest BCUT2D eigenvalue weighted by Gasteiger charge is 2.40. The number of rotatable bonds is 4. The van der Waals surface area contributed by atoms with Crippen LogP contribution in [-0.2, 0) is 11.3 Å². The zero-order chi connectivity index (χ0) is 13.8. The molecule has 20 heavy (non-hydrogen) atoms. The average molecular weight is 277 g/mol. The van der Waals surface area contributed by atoms with Crippen LogP contribution in [0.15, 0.2) is 18.3 Å². The molecule has 0 bridgehead atoms. The number of aromatic nitrogens is 1. The third-order valence-electron chi connectivity index (χ3n) is 4.50. The van der Waals surface area contributed by atoms with Gasteiger partial charge >= 0.3 is 0 Å². The molecule has 1 N–H and O–H groups in total. The van der Waals surface area contributed by atoms with Gasteiger partial charge in [-0.3, -0.25) is 4.98 Å². The molecule has 1 aliphatic heterocycles. The van der Waals surface area contributed by atoms with Crippen LogP contribution in [0.4, 0.5) is 0 Å². The molecule has 1 saturated heterocycles. The van der Waals surface area contributed by atoms with Crippen molar-refractivity contribution in [2.45, 2.75) is 63.3 Å². The maximum absolute atomic E-state index is 8.95. The summed E-state index contributed by atoms with van der Waals surface area (Å²) in [5.74, 6) is 0.746. The normalized spacial score (nSPS) is 24.9. The van der Waals surface area contributed by atoms with E-state index in [-0.39, 0.29) is 18.3 Å². The molecule has 1 saturated carbocycles. The first-order chi connectivity index (χ1) is 9.80. The van der Waals surface area contributed by atoms with Gasteiger partial charge in [0.15, 0.2) is 0 Å². The molecule has 2 aliphatic rings. The van der Waals surface area contributed by atoms with Crippen molar-refractivity contribution in [1.82, 2.24) is 4.98 Å². The minimum Gasteiger partial charge on any atom is -0.489 e. The van der Waals surface area contributed by atoms with Gasteiger partial charge in [-0.15, -0.1) is 0 Å². The van der Waals surface area contributed by atoms with Crippen molar-refractivity contribution in [3.63, 3.8) is 0 Å². The predicted molar refractivity (Wildman–Crippen MR) is 75.6 cm³/mol. The molecule has 2 fully saturated rings. The molecular weight excluding hydrogens is 254 g/mol. The Morgan fingerprint density at radius 1 is 1.25 bits per heavy atom. The Bertz CT molecular complexity index is 426. The summed E-state index contributed by atoms with van der Waals surface area (Å²) in [4.78, 5) is 4.11. The van der Waals surface area contributed by atoms with Crippen LogP contribution in [0.2, 0.25) is 0 Å². The molecule has 1 atom stereocenters. The first kappa shape index (κ1) is 13.8. The second-order valence-corrected chi connectivity index (χ2v) is 5.98. The number of nitrogens with zero attached hydrogens (tertiary/aromatic N) is 1. The lowest BCUT2D eigenvalue weighted by Crippen LogP contribution is -2.32. The van der Waals surface area contributed by atoms with Crippen molar-refractivity contribution < 1.29 is 14.6 Å². The Hall–Kier alpha value is -1.13. The number of pyridine rings is 1. The van der Waals surface area contributed by atoms with Crippen LogP contribution in [0, 0.1) is 0 Å². The van der Waals surface area contributed by atoms with Crippen molar-refractivity contribution in [3.8, 4) is 5.75 Å². The molecular formula is C16H23NO3. The van der Waals surface area contributed by atoms with Gasteiger partial charge in [0.05, 0.1) is 30.2 Å². The molecule has 4 nitrogen and oxygen atoms in total. The first-order valence-electron chi connectivity index (χ1n) is 7.66. The zero-order valence-electron chi connectivity index (χ0n) is 11.9. The van der Waals surface area contributed by atoms with Gasteiger partial charge in [0, 0.05) is 0 Å². The molecule has 2 heterocycles. The van der Waals surface area contributed by atoms with E-state index >= 15 is 0 Å². The monoisotopic (exact) mass is 277 g/mol. The molecule has 110 valence electrons. The van der Waals surface area contributed by atoms with Gasteiger partial charge in [0.2, 0.25) is 0 Å². The van der Waals surface area contributed by atoms with Gasteiger partial charge in [-0.2, -0.15) is 0 Å². The fraction of sp³-hybridized carbons (Fsp3) is 0.688. The van der Waals surface area contributed by atoms with Crippen molar-refractivity contribution >= 4 is 0 Å². The highest BCUT2D eigenvalue weighted by molar-refractivity contribution is 5.19. The topological polar surface area (TPSA) is 51.6 Å². The van der Waals surface area contributed by atoms with Gasteiger partial charge in [-0.25, -0.2) is 0 Å². The van der Waals surface area contributed by atoms with E-state index in [4.69, 9.17) is 14.6 Å². The van der Waals surface area contributed by atoms with Gasteiger partial charge in [-0.1, -0.05) is 19.3 Å². The Kier molecular flexibility index (Phi) is 4.22. The van der Waals surface area contributed by atoms with Crippen LogP contribution in [0.5, 0.6) is 5.75 Å². The van der Waals surface area contributed by atoms with E-state index in [1.54, 1.807) is 12.3 Å². The number of ether oxygens (including phenoxy) is 2. The van der Waals surface area contributed by atoms with E-state index in [9.17, 15) is 0 Å². The van der Waals surface area contributed by atoms with Crippen LogP contribution in [0.3, 0.4) is 0 Å². The maximum Gasteiger partial charge on any atom is 0.137 e. The van der Waals surface area contributed by atoms with Crippen LogP contribution < -0.4 is 4.74 Å². The summed E-state index contributed by atoms with van der Waals surface area (Å²) in [5.41, 5.74) is 0.821. The fourth-order valence-corrected chi connectivity index (χ4v) is 3.36. The summed E-state index contributed by atoms with van der Waals surface area (Å²) >= 11 is 0. The Labute approximate surface area is 120 Å². The fourth-order valence-electron chi connectivity index (χ4n) is 3.36. The third-order valence-corrected chi connectivity index (χ3v) is 4.50. The quantitative estimate of drug-likeness (QED) is 0.919. The van der Waals surface area contributed by atoms with Crippen molar-refractivity contribution in [2.24, 2.45) is 0 Å². The third kappa shape index (κ3) is 3.13. The van der Waals surface area contributed by atoms with Crippen molar-refractivity contribution in [2.75, 3.05) is 6.61 Å². The molecule has 1 aromatic heterocycles. The molecule has 3 rings (SSSR count). The molecule has 0 radical (unpaired) electrons. The molecule has 4 heteroatoms. The molecule has 1 spiro atoms. The lowest BCUT2D eigenvalue weighted by Gasteiger charge is -2.33. The Balaban J connectivity index is 1.49. The number of hydrogen-bond donors (Lipinski definition) is 1. The molecule has 1 unspecified atom stereocenters. The zero-order valence-corrected chi connectivity index (χ0v) is 11.9. The average Bonchev–Trinajstić information content (AvgIpc) is 2.89. The highest BCUT2D eigenvalue weighted by Crippen LogP contribution is 2.41. The predicted octanol–water partition coefficient (Wildman–Crippen LogP) is 2.83. The summed E-state index contributed by atoms with van der Waals surface area (Å²) in [6.45, 7) is 0.566. The van der Waals surface area contributed by atoms with Crippen LogP contribution in [-0.4, -0.2) is 28.4 Å². The van der Waals surface area contributed by atoms with E-state index in [0.29, 0.717) is 12.3 Å². The van der Waals surface area contributed by atoms with E-state index in [0.717, 1.165) is 12.2 Å². The smallest absolute Gasteiger partial charge is 0.137 e. The Morgan fingerprint density at radius 3 is 2.80 bits per heavy atom. The second kappa shape index (κ2) is 6.10. The first-order valence-corrected chi connectivity index (χ1v) is 7.66. The van der Waals surface area contributed by atoms with Crippen LogP contribution in [0.25, 0.3) is 0 Å². The molecule has 0 amide bonds. The van der Waals surface area contributed by atoms with E-state index in [1.165, 1.54) is 38.5 Å². The van der Waals surface area contributed by atoms with E-state index in [2.05, 4.69) is 4.98 Å². The standard InChI is InChI=1S/C16H23NO3/c18-11-13-4-5-14(10-17-13)19-12-15-6-9-16(20-15)7-2-1-3-8-16/h4-5,10,15,18H,1-3,6-9,11-12H2. The molecule has 1 aromatic rings. The Morgan fingerprint density at radius 2 is 2.10 bits per heavy atom. The van der Waals surface area contributed by atoms with E-state index in [1.807, 2.05) is 6.07 Å². The number of aliphatic hydroxyl groups is 1. The van der Waals surface area contributed by atoms with Gasteiger partial charge in [0.1, 0.15) is 12.4 Å². The number of aliphatic hydroxyl groups excluding tert-OH is 1. The minimum atomic E-state index is -0.0332. The minimum absolute atomic E-state index is 0.0332. The highest BCUT2D eigenvalue weighted by atomic mass is 16.6. The van der Waals surface area contributed by atoms with Gasteiger partial charge in [0.25, 0.3) is 0 Å².